The molecule has 3 rings (SSSR count). The summed E-state index contributed by atoms with van der Waals surface area (Å²) in [6.45, 7) is 2.02. The normalized spacial score (nSPS) is 14.5. The van der Waals surface area contributed by atoms with Gasteiger partial charge in [0, 0.05) is 17.0 Å². The van der Waals surface area contributed by atoms with Gasteiger partial charge in [-0.1, -0.05) is 54.1 Å². The van der Waals surface area contributed by atoms with Gasteiger partial charge in [0.25, 0.3) is 0 Å². The average Bonchev–Trinajstić information content (AvgIpc) is 2.68. The predicted octanol–water partition coefficient (Wildman–Crippen LogP) is 5.51. The second kappa shape index (κ2) is 9.27. The Balaban J connectivity index is 1.79. The molecule has 3 aromatic rings. The molecule has 140 valence electrons. The van der Waals surface area contributed by atoms with Gasteiger partial charge in [0.15, 0.2) is 0 Å². The summed E-state index contributed by atoms with van der Waals surface area (Å²) in [4.78, 5) is 0.557. The van der Waals surface area contributed by atoms with Crippen LogP contribution < -0.4 is 4.72 Å². The Morgan fingerprint density at radius 2 is 1.59 bits per heavy atom. The first kappa shape index (κ1) is 19.7. The molecule has 3 unspecified atom stereocenters. The summed E-state index contributed by atoms with van der Waals surface area (Å²) in [6.07, 6.45) is 0.788. The highest BCUT2D eigenvalue weighted by molar-refractivity contribution is 7.83. The molecule has 0 aliphatic rings. The quantitative estimate of drug-likeness (QED) is 0.556. The van der Waals surface area contributed by atoms with Crippen LogP contribution in [0.1, 0.15) is 24.0 Å². The van der Waals surface area contributed by atoms with Crippen LogP contribution in [0.4, 0.5) is 4.39 Å². The highest BCUT2D eigenvalue weighted by Crippen LogP contribution is 2.26. The van der Waals surface area contributed by atoms with Crippen molar-refractivity contribution in [2.45, 2.75) is 30.2 Å². The van der Waals surface area contributed by atoms with E-state index >= 15 is 0 Å². The minimum absolute atomic E-state index is 0.0611. The lowest BCUT2D eigenvalue weighted by atomic mass is 9.87. The van der Waals surface area contributed by atoms with Gasteiger partial charge < -0.3 is 0 Å². The number of nitrogens with one attached hydrogen (secondary N) is 1. The van der Waals surface area contributed by atoms with Crippen LogP contribution >= 0.6 is 11.6 Å². The van der Waals surface area contributed by atoms with Crippen molar-refractivity contribution >= 4 is 22.6 Å². The van der Waals surface area contributed by atoms with Crippen molar-refractivity contribution in [2.75, 3.05) is 0 Å². The van der Waals surface area contributed by atoms with Crippen molar-refractivity contribution < 1.29 is 8.60 Å². The van der Waals surface area contributed by atoms with Crippen molar-refractivity contribution in [3.63, 3.8) is 0 Å². The van der Waals surface area contributed by atoms with Crippen molar-refractivity contribution in [2.24, 2.45) is 0 Å². The molecular weight excluding hydrogens is 381 g/mol. The van der Waals surface area contributed by atoms with Gasteiger partial charge in [0.1, 0.15) is 16.8 Å². The van der Waals surface area contributed by atoms with Gasteiger partial charge in [0.2, 0.25) is 0 Å². The molecule has 0 saturated carbocycles. The Bertz CT molecular complexity index is 884. The Hall–Kier alpha value is -2.01. The van der Waals surface area contributed by atoms with Crippen LogP contribution in [0.25, 0.3) is 0 Å². The summed E-state index contributed by atoms with van der Waals surface area (Å²) in [6, 6.07) is 23.6. The average molecular weight is 402 g/mol. The Labute approximate surface area is 167 Å². The molecule has 0 amide bonds. The fourth-order valence-electron chi connectivity index (χ4n) is 3.04. The molecule has 0 aliphatic carbocycles. The first-order valence-electron chi connectivity index (χ1n) is 8.76. The van der Waals surface area contributed by atoms with E-state index in [-0.39, 0.29) is 17.8 Å². The van der Waals surface area contributed by atoms with Crippen LogP contribution in [0.3, 0.4) is 0 Å². The first-order chi connectivity index (χ1) is 13.0. The van der Waals surface area contributed by atoms with Gasteiger partial charge in [-0.25, -0.2) is 13.3 Å². The van der Waals surface area contributed by atoms with E-state index in [0.29, 0.717) is 9.92 Å². The molecule has 0 radical (unpaired) electrons. The third-order valence-electron chi connectivity index (χ3n) is 4.52. The molecule has 5 heteroatoms. The highest BCUT2D eigenvalue weighted by atomic mass is 35.5. The van der Waals surface area contributed by atoms with E-state index < -0.39 is 11.0 Å². The van der Waals surface area contributed by atoms with Gasteiger partial charge in [-0.15, -0.1) is 0 Å². The summed E-state index contributed by atoms with van der Waals surface area (Å²) in [5.41, 5.74) is 2.33. The van der Waals surface area contributed by atoms with E-state index in [4.69, 9.17) is 11.6 Å². The third kappa shape index (κ3) is 5.48. The maximum atomic E-state index is 13.1. The summed E-state index contributed by atoms with van der Waals surface area (Å²) < 4.78 is 28.9. The fourth-order valence-corrected chi connectivity index (χ4v) is 4.18. The molecule has 3 aromatic carbocycles. The Morgan fingerprint density at radius 3 is 2.22 bits per heavy atom. The molecule has 27 heavy (non-hydrogen) atoms. The Morgan fingerprint density at radius 1 is 0.963 bits per heavy atom. The molecule has 3 atom stereocenters. The number of hydrogen-bond acceptors (Lipinski definition) is 1. The lowest BCUT2D eigenvalue weighted by Crippen LogP contribution is -2.34. The zero-order chi connectivity index (χ0) is 19.2. The van der Waals surface area contributed by atoms with Crippen LogP contribution in [-0.4, -0.2) is 10.3 Å². The highest BCUT2D eigenvalue weighted by Gasteiger charge is 2.22. The van der Waals surface area contributed by atoms with Crippen molar-refractivity contribution in [3.05, 3.63) is 101 Å². The van der Waals surface area contributed by atoms with Crippen molar-refractivity contribution in [1.82, 2.24) is 4.72 Å². The molecule has 0 aliphatic heterocycles. The minimum atomic E-state index is -1.42. The molecule has 0 spiro atoms. The second-order valence-corrected chi connectivity index (χ2v) is 8.16. The van der Waals surface area contributed by atoms with Crippen LogP contribution in [0.15, 0.2) is 83.8 Å². The van der Waals surface area contributed by atoms with Gasteiger partial charge in [0.05, 0.1) is 4.90 Å². The maximum Gasteiger partial charge on any atom is 0.125 e. The van der Waals surface area contributed by atoms with Gasteiger partial charge in [-0.3, -0.25) is 0 Å². The molecule has 0 bridgehead atoms. The molecular formula is C22H21ClFNOS. The zero-order valence-corrected chi connectivity index (χ0v) is 16.5. The molecule has 2 nitrogen and oxygen atoms in total. The van der Waals surface area contributed by atoms with Crippen molar-refractivity contribution in [3.8, 4) is 0 Å². The summed E-state index contributed by atoms with van der Waals surface area (Å²) >= 11 is 6.00. The minimum Gasteiger partial charge on any atom is -0.237 e. The maximum absolute atomic E-state index is 13.1. The fraction of sp³-hybridized carbons (Fsp3) is 0.182. The Kier molecular flexibility index (Phi) is 6.78. The standard InChI is InChI=1S/C22H21ClFNOS/c1-16(25-27(26)21-13-11-20(24)12-14-21)22(18-5-3-2-4-6-18)15-17-7-9-19(23)10-8-17/h2-14,16,22,25H,15H2,1H3. The first-order valence-corrected chi connectivity index (χ1v) is 10.3. The smallest absolute Gasteiger partial charge is 0.125 e. The zero-order valence-electron chi connectivity index (χ0n) is 14.9. The van der Waals surface area contributed by atoms with Gasteiger partial charge in [-0.2, -0.15) is 0 Å². The third-order valence-corrected chi connectivity index (χ3v) is 6.06. The van der Waals surface area contributed by atoms with Gasteiger partial charge >= 0.3 is 0 Å². The monoisotopic (exact) mass is 401 g/mol. The van der Waals surface area contributed by atoms with Crippen LogP contribution in [0, 0.1) is 5.82 Å². The SMILES string of the molecule is CC(NS(=O)c1ccc(F)cc1)C(Cc1ccc(Cl)cc1)c1ccccc1. The molecule has 0 saturated heterocycles. The van der Waals surface area contributed by atoms with Crippen LogP contribution in [0.2, 0.25) is 5.02 Å². The number of halogens is 2. The summed E-state index contributed by atoms with van der Waals surface area (Å²) in [7, 11) is -1.42. The van der Waals surface area contributed by atoms with E-state index in [1.807, 2.05) is 49.4 Å². The molecule has 1 N–H and O–H groups in total. The number of hydrogen-bond donors (Lipinski definition) is 1. The molecule has 0 aromatic heterocycles. The largest absolute Gasteiger partial charge is 0.237 e. The lowest BCUT2D eigenvalue weighted by Gasteiger charge is -2.25. The molecule has 0 fully saturated rings. The molecule has 0 heterocycles. The topological polar surface area (TPSA) is 29.1 Å². The van der Waals surface area contributed by atoms with E-state index in [0.717, 1.165) is 12.0 Å². The number of benzene rings is 3. The second-order valence-electron chi connectivity index (χ2n) is 6.48. The number of rotatable bonds is 7. The van der Waals surface area contributed by atoms with E-state index in [2.05, 4.69) is 16.9 Å². The van der Waals surface area contributed by atoms with E-state index in [9.17, 15) is 8.60 Å². The van der Waals surface area contributed by atoms with Crippen LogP contribution in [0.5, 0.6) is 0 Å². The summed E-state index contributed by atoms with van der Waals surface area (Å²) in [5.74, 6) is -0.217. The van der Waals surface area contributed by atoms with Crippen molar-refractivity contribution in [1.29, 1.82) is 0 Å². The van der Waals surface area contributed by atoms with E-state index in [1.54, 1.807) is 12.1 Å². The predicted molar refractivity (Wildman–Crippen MR) is 110 cm³/mol. The van der Waals surface area contributed by atoms with Crippen LogP contribution in [-0.2, 0) is 17.4 Å². The summed E-state index contributed by atoms with van der Waals surface area (Å²) in [5, 5.41) is 0.707. The van der Waals surface area contributed by atoms with Gasteiger partial charge in [-0.05, 0) is 60.9 Å². The lowest BCUT2D eigenvalue weighted by molar-refractivity contribution is 0.526. The van der Waals surface area contributed by atoms with E-state index in [1.165, 1.54) is 17.7 Å².